The quantitative estimate of drug-likeness (QED) is 0.584. The highest BCUT2D eigenvalue weighted by atomic mass is 35.5. The maximum absolute atomic E-state index is 11.4. The molecule has 8 nitrogen and oxygen atoms in total. The maximum atomic E-state index is 11.4. The Morgan fingerprint density at radius 3 is 2.62 bits per heavy atom. The third-order valence-corrected chi connectivity index (χ3v) is 2.78. The molecule has 0 aliphatic heterocycles. The van der Waals surface area contributed by atoms with Crippen LogP contribution in [0.15, 0.2) is 27.8 Å². The molecule has 0 atom stereocenters. The van der Waals surface area contributed by atoms with Gasteiger partial charge in [0.2, 0.25) is 0 Å². The highest BCUT2D eigenvalue weighted by molar-refractivity contribution is 6.30. The van der Waals surface area contributed by atoms with Gasteiger partial charge in [0.25, 0.3) is 0 Å². The van der Waals surface area contributed by atoms with Gasteiger partial charge in [-0.15, -0.1) is 0 Å². The van der Waals surface area contributed by atoms with Crippen LogP contribution >= 0.6 is 11.6 Å². The number of phenols is 1. The lowest BCUT2D eigenvalue weighted by atomic mass is 10.1. The van der Waals surface area contributed by atoms with E-state index in [-0.39, 0.29) is 17.0 Å². The van der Waals surface area contributed by atoms with Gasteiger partial charge in [0.15, 0.2) is 0 Å². The van der Waals surface area contributed by atoms with Crippen molar-refractivity contribution in [2.24, 2.45) is 0 Å². The van der Waals surface area contributed by atoms with Gasteiger partial charge in [-0.2, -0.15) is 0 Å². The number of hydrogen-bond acceptors (Lipinski definition) is 5. The number of aromatic hydroxyl groups is 1. The molecule has 0 aliphatic rings. The third kappa shape index (κ3) is 3.18. The van der Waals surface area contributed by atoms with Crippen molar-refractivity contribution < 1.29 is 10.0 Å². The summed E-state index contributed by atoms with van der Waals surface area (Å²) in [6.07, 6.45) is 2.43. The van der Waals surface area contributed by atoms with Crippen LogP contribution in [-0.4, -0.2) is 20.0 Å². The van der Waals surface area contributed by atoms with Crippen LogP contribution in [0.1, 0.15) is 11.3 Å². The molecule has 0 amide bonds. The minimum absolute atomic E-state index is 0.106. The summed E-state index contributed by atoms with van der Waals surface area (Å²) < 4.78 is 0. The van der Waals surface area contributed by atoms with Gasteiger partial charge in [0.05, 0.1) is 4.92 Å². The van der Waals surface area contributed by atoms with E-state index in [2.05, 4.69) is 4.98 Å². The highest BCUT2D eigenvalue weighted by Crippen LogP contribution is 2.23. The molecule has 0 spiro atoms. The molecule has 1 heterocycles. The van der Waals surface area contributed by atoms with Crippen LogP contribution in [-0.2, 0) is 0 Å². The van der Waals surface area contributed by atoms with E-state index in [4.69, 9.17) is 11.6 Å². The fraction of sp³-hybridized carbons (Fsp3) is 0. The van der Waals surface area contributed by atoms with Crippen molar-refractivity contribution in [3.63, 3.8) is 0 Å². The predicted octanol–water partition coefficient (Wildman–Crippen LogP) is 1.50. The number of H-pyrrole nitrogens is 2. The molecule has 9 heteroatoms. The van der Waals surface area contributed by atoms with E-state index >= 15 is 0 Å². The lowest BCUT2D eigenvalue weighted by Gasteiger charge is -2.00. The van der Waals surface area contributed by atoms with E-state index in [0.29, 0.717) is 5.02 Å². The second kappa shape index (κ2) is 5.63. The number of halogens is 1. The molecule has 0 saturated carbocycles. The largest absolute Gasteiger partial charge is 0.507 e. The summed E-state index contributed by atoms with van der Waals surface area (Å²) in [4.78, 5) is 36.4. The highest BCUT2D eigenvalue weighted by Gasteiger charge is 2.18. The SMILES string of the molecule is O=c1[nH]c(C=Cc2cc(Cl)ccc2O)c([N+](=O)[O-])c(=O)[nH]1. The topological polar surface area (TPSA) is 129 Å². The molecule has 0 aliphatic carbocycles. The van der Waals surface area contributed by atoms with Crippen LogP contribution in [0, 0.1) is 10.1 Å². The molecule has 2 aromatic rings. The van der Waals surface area contributed by atoms with Gasteiger partial charge in [-0.3, -0.25) is 19.9 Å². The van der Waals surface area contributed by atoms with E-state index in [1.54, 1.807) is 4.98 Å². The lowest BCUT2D eigenvalue weighted by molar-refractivity contribution is -0.386. The van der Waals surface area contributed by atoms with Crippen LogP contribution in [0.4, 0.5) is 5.69 Å². The van der Waals surface area contributed by atoms with E-state index in [9.17, 15) is 24.8 Å². The standard InChI is InChI=1S/C12H8ClN3O5/c13-7-2-4-9(17)6(5-7)1-3-8-10(16(20)21)11(18)15-12(19)14-8/h1-5,17H,(H2,14,15,18,19). The molecule has 0 bridgehead atoms. The van der Waals surface area contributed by atoms with Gasteiger partial charge in [-0.1, -0.05) is 11.6 Å². The number of aromatic amines is 2. The Hall–Kier alpha value is -2.87. The smallest absolute Gasteiger partial charge is 0.357 e. The first-order valence-corrected chi connectivity index (χ1v) is 5.94. The van der Waals surface area contributed by atoms with E-state index in [0.717, 1.165) is 6.08 Å². The summed E-state index contributed by atoms with van der Waals surface area (Å²) >= 11 is 5.76. The summed E-state index contributed by atoms with van der Waals surface area (Å²) in [6.45, 7) is 0. The van der Waals surface area contributed by atoms with Gasteiger partial charge >= 0.3 is 16.9 Å². The molecule has 2 rings (SSSR count). The Morgan fingerprint density at radius 1 is 1.24 bits per heavy atom. The Kier molecular flexibility index (Phi) is 3.90. The van der Waals surface area contributed by atoms with Crippen LogP contribution in [0.25, 0.3) is 12.2 Å². The number of rotatable bonds is 3. The summed E-state index contributed by atoms with van der Waals surface area (Å²) in [5.74, 6) is -0.106. The Morgan fingerprint density at radius 2 is 1.95 bits per heavy atom. The van der Waals surface area contributed by atoms with E-state index in [1.807, 2.05) is 0 Å². The predicted molar refractivity (Wildman–Crippen MR) is 76.4 cm³/mol. The third-order valence-electron chi connectivity index (χ3n) is 2.55. The van der Waals surface area contributed by atoms with Crippen molar-refractivity contribution in [3.8, 4) is 5.75 Å². The van der Waals surface area contributed by atoms with Crippen molar-refractivity contribution in [2.45, 2.75) is 0 Å². The Balaban J connectivity index is 2.55. The maximum Gasteiger partial charge on any atom is 0.357 e. The minimum Gasteiger partial charge on any atom is -0.507 e. The monoisotopic (exact) mass is 309 g/mol. The number of nitro groups is 1. The van der Waals surface area contributed by atoms with Crippen molar-refractivity contribution >= 4 is 29.4 Å². The molecule has 0 unspecified atom stereocenters. The fourth-order valence-electron chi connectivity index (χ4n) is 1.63. The van der Waals surface area contributed by atoms with Gasteiger partial charge in [-0.25, -0.2) is 4.79 Å². The number of benzene rings is 1. The molecule has 0 radical (unpaired) electrons. The number of hydrogen-bond donors (Lipinski definition) is 3. The lowest BCUT2D eigenvalue weighted by Crippen LogP contribution is -2.25. The van der Waals surface area contributed by atoms with Gasteiger partial charge in [-0.05, 0) is 30.4 Å². The summed E-state index contributed by atoms with van der Waals surface area (Å²) in [5.41, 5.74) is -2.79. The first-order valence-electron chi connectivity index (χ1n) is 5.56. The van der Waals surface area contributed by atoms with Gasteiger partial charge in [0, 0.05) is 10.6 Å². The van der Waals surface area contributed by atoms with Crippen molar-refractivity contribution in [2.75, 3.05) is 0 Å². The number of aromatic nitrogens is 2. The zero-order valence-electron chi connectivity index (χ0n) is 10.3. The van der Waals surface area contributed by atoms with Crippen molar-refractivity contribution in [3.05, 3.63) is 65.4 Å². The molecule has 0 fully saturated rings. The van der Waals surface area contributed by atoms with Crippen molar-refractivity contribution in [1.82, 2.24) is 9.97 Å². The molecular weight excluding hydrogens is 302 g/mol. The van der Waals surface area contributed by atoms with Crippen LogP contribution in [0.2, 0.25) is 5.02 Å². The van der Waals surface area contributed by atoms with Crippen LogP contribution < -0.4 is 11.2 Å². The van der Waals surface area contributed by atoms with E-state index < -0.39 is 21.9 Å². The van der Waals surface area contributed by atoms with Crippen molar-refractivity contribution in [1.29, 1.82) is 0 Å². The molecule has 1 aromatic carbocycles. The fourth-order valence-corrected chi connectivity index (χ4v) is 1.81. The first kappa shape index (κ1) is 14.5. The second-order valence-electron chi connectivity index (χ2n) is 3.96. The van der Waals surface area contributed by atoms with Crippen LogP contribution in [0.3, 0.4) is 0 Å². The normalized spacial score (nSPS) is 10.9. The molecule has 3 N–H and O–H groups in total. The number of nitrogens with one attached hydrogen (secondary N) is 2. The second-order valence-corrected chi connectivity index (χ2v) is 4.40. The molecule has 108 valence electrons. The summed E-state index contributed by atoms with van der Waals surface area (Å²) in [6, 6.07) is 4.23. The molecular formula is C12H8ClN3O5. The average Bonchev–Trinajstić information content (AvgIpc) is 2.38. The Labute approximate surface area is 121 Å². The average molecular weight is 310 g/mol. The van der Waals surface area contributed by atoms with Crippen LogP contribution in [0.5, 0.6) is 5.75 Å². The Bertz CT molecular complexity index is 853. The molecule has 0 saturated heterocycles. The van der Waals surface area contributed by atoms with Gasteiger partial charge in [0.1, 0.15) is 11.4 Å². The van der Waals surface area contributed by atoms with E-state index in [1.165, 1.54) is 24.3 Å². The number of phenolic OH excluding ortho intramolecular Hbond substituents is 1. The number of nitrogens with zero attached hydrogens (tertiary/aromatic N) is 1. The first-order chi connectivity index (χ1) is 9.88. The van der Waals surface area contributed by atoms with Gasteiger partial charge < -0.3 is 10.1 Å². The zero-order valence-corrected chi connectivity index (χ0v) is 11.0. The molecule has 1 aromatic heterocycles. The summed E-state index contributed by atoms with van der Waals surface area (Å²) in [5, 5.41) is 20.8. The molecule has 21 heavy (non-hydrogen) atoms. The summed E-state index contributed by atoms with van der Waals surface area (Å²) in [7, 11) is 0. The minimum atomic E-state index is -1.11. The zero-order chi connectivity index (χ0) is 15.6.